The van der Waals surface area contributed by atoms with Gasteiger partial charge < -0.3 is 5.11 Å². The molecule has 0 aliphatic carbocycles. The lowest BCUT2D eigenvalue weighted by molar-refractivity contribution is 0.228. The van der Waals surface area contributed by atoms with Gasteiger partial charge in [0.15, 0.2) is 0 Å². The highest BCUT2D eigenvalue weighted by Crippen LogP contribution is 2.20. The fourth-order valence-electron chi connectivity index (χ4n) is 1.04. The van der Waals surface area contributed by atoms with Crippen molar-refractivity contribution in [3.05, 3.63) is 12.7 Å². The molecule has 1 heterocycles. The van der Waals surface area contributed by atoms with Crippen molar-refractivity contribution in [1.29, 1.82) is 0 Å². The first-order valence-corrected chi connectivity index (χ1v) is 3.28. The Kier molecular flexibility index (Phi) is 1.88. The van der Waals surface area contributed by atoms with E-state index < -0.39 is 0 Å². The van der Waals surface area contributed by atoms with Crippen LogP contribution in [0.5, 0.6) is 0 Å². The van der Waals surface area contributed by atoms with Crippen molar-refractivity contribution in [3.8, 4) is 0 Å². The van der Waals surface area contributed by atoms with Crippen LogP contribution in [0, 0.1) is 0 Å². The minimum Gasteiger partial charge on any atom is -0.394 e. The lowest BCUT2D eigenvalue weighted by Crippen LogP contribution is -2.21. The van der Waals surface area contributed by atoms with E-state index in [0.29, 0.717) is 6.04 Å². The molecular weight excluding hydrogens is 114 g/mol. The van der Waals surface area contributed by atoms with Crippen LogP contribution in [0.15, 0.2) is 12.7 Å². The minimum atomic E-state index is 0.194. The fraction of sp³-hybridized carbons (Fsp3) is 0.714. The molecule has 1 fully saturated rings. The number of aliphatic hydroxyl groups is 1. The fourth-order valence-corrected chi connectivity index (χ4v) is 1.04. The van der Waals surface area contributed by atoms with Gasteiger partial charge in [-0.3, -0.25) is 4.90 Å². The van der Waals surface area contributed by atoms with Gasteiger partial charge in [0.25, 0.3) is 0 Å². The van der Waals surface area contributed by atoms with Crippen LogP contribution in [0.3, 0.4) is 0 Å². The molecule has 1 N–H and O–H groups in total. The molecule has 2 heteroatoms. The van der Waals surface area contributed by atoms with Crippen molar-refractivity contribution in [3.63, 3.8) is 0 Å². The molecule has 1 aliphatic heterocycles. The standard InChI is InChI=1S/C7H13NO/c1-3-7(5-9)8-4-6(8)2/h3,6-7,9H,1,4-5H2,2H3. The molecule has 0 amide bonds. The Labute approximate surface area is 55.8 Å². The average Bonchev–Trinajstić information content (AvgIpc) is 2.51. The molecule has 1 aliphatic rings. The molecule has 0 aromatic rings. The summed E-state index contributed by atoms with van der Waals surface area (Å²) in [6.07, 6.45) is 1.80. The van der Waals surface area contributed by atoms with Gasteiger partial charge in [0.1, 0.15) is 0 Å². The zero-order chi connectivity index (χ0) is 6.85. The van der Waals surface area contributed by atoms with Crippen LogP contribution in [0.25, 0.3) is 0 Å². The second-order valence-corrected chi connectivity index (χ2v) is 2.53. The third kappa shape index (κ3) is 1.32. The highest BCUT2D eigenvalue weighted by atomic mass is 16.3. The van der Waals surface area contributed by atoms with E-state index in [9.17, 15) is 0 Å². The van der Waals surface area contributed by atoms with Crippen molar-refractivity contribution in [2.24, 2.45) is 0 Å². The third-order valence-corrected chi connectivity index (χ3v) is 1.79. The van der Waals surface area contributed by atoms with Crippen LogP contribution in [-0.4, -0.2) is 35.2 Å². The monoisotopic (exact) mass is 127 g/mol. The van der Waals surface area contributed by atoms with E-state index in [4.69, 9.17) is 5.11 Å². The predicted molar refractivity (Wildman–Crippen MR) is 37.2 cm³/mol. The summed E-state index contributed by atoms with van der Waals surface area (Å²) < 4.78 is 0. The molecule has 1 saturated heterocycles. The summed E-state index contributed by atoms with van der Waals surface area (Å²) in [5.41, 5.74) is 0. The Morgan fingerprint density at radius 1 is 2.00 bits per heavy atom. The van der Waals surface area contributed by atoms with E-state index in [-0.39, 0.29) is 12.6 Å². The lowest BCUT2D eigenvalue weighted by Gasteiger charge is -2.08. The first kappa shape index (κ1) is 6.78. The molecule has 0 radical (unpaired) electrons. The van der Waals surface area contributed by atoms with Crippen molar-refractivity contribution in [2.45, 2.75) is 19.0 Å². The largest absolute Gasteiger partial charge is 0.394 e. The second-order valence-electron chi connectivity index (χ2n) is 2.53. The molecule has 0 aromatic carbocycles. The first-order chi connectivity index (χ1) is 4.29. The quantitative estimate of drug-likeness (QED) is 0.433. The summed E-state index contributed by atoms with van der Waals surface area (Å²) in [6, 6.07) is 0.847. The van der Waals surface area contributed by atoms with Gasteiger partial charge in [-0.15, -0.1) is 6.58 Å². The maximum atomic E-state index is 8.74. The highest BCUT2D eigenvalue weighted by Gasteiger charge is 2.33. The SMILES string of the molecule is C=CC(CO)N1CC1C. The molecule has 2 nitrogen and oxygen atoms in total. The van der Waals surface area contributed by atoms with Crippen LogP contribution < -0.4 is 0 Å². The molecule has 52 valence electrons. The minimum absolute atomic E-state index is 0.194. The van der Waals surface area contributed by atoms with Crippen molar-refractivity contribution in [1.82, 2.24) is 4.90 Å². The predicted octanol–water partition coefficient (Wildman–Crippen LogP) is 0.237. The summed E-state index contributed by atoms with van der Waals surface area (Å²) in [5.74, 6) is 0. The van der Waals surface area contributed by atoms with Crippen molar-refractivity contribution in [2.75, 3.05) is 13.2 Å². The molecule has 0 bridgehead atoms. The van der Waals surface area contributed by atoms with Crippen LogP contribution in [0.4, 0.5) is 0 Å². The summed E-state index contributed by atoms with van der Waals surface area (Å²) in [5, 5.41) is 8.74. The van der Waals surface area contributed by atoms with Crippen LogP contribution in [-0.2, 0) is 0 Å². The molecule has 3 unspecified atom stereocenters. The Balaban J connectivity index is 2.31. The highest BCUT2D eigenvalue weighted by molar-refractivity contribution is 4.98. The molecule has 0 aromatic heterocycles. The Morgan fingerprint density at radius 3 is 2.67 bits per heavy atom. The number of hydrogen-bond acceptors (Lipinski definition) is 2. The van der Waals surface area contributed by atoms with Gasteiger partial charge in [-0.05, 0) is 6.92 Å². The maximum Gasteiger partial charge on any atom is 0.0622 e. The van der Waals surface area contributed by atoms with Gasteiger partial charge >= 0.3 is 0 Å². The van der Waals surface area contributed by atoms with E-state index in [1.165, 1.54) is 0 Å². The Hall–Kier alpha value is -0.340. The van der Waals surface area contributed by atoms with Gasteiger partial charge in [0.05, 0.1) is 12.6 Å². The van der Waals surface area contributed by atoms with Crippen LogP contribution >= 0.6 is 0 Å². The zero-order valence-corrected chi connectivity index (χ0v) is 5.75. The topological polar surface area (TPSA) is 23.2 Å². The number of hydrogen-bond donors (Lipinski definition) is 1. The van der Waals surface area contributed by atoms with Crippen LogP contribution in [0.2, 0.25) is 0 Å². The first-order valence-electron chi connectivity index (χ1n) is 3.28. The summed E-state index contributed by atoms with van der Waals surface area (Å²) in [7, 11) is 0. The molecular formula is C7H13NO. The smallest absolute Gasteiger partial charge is 0.0622 e. The van der Waals surface area contributed by atoms with Gasteiger partial charge in [-0.1, -0.05) is 6.08 Å². The van der Waals surface area contributed by atoms with E-state index in [0.717, 1.165) is 6.54 Å². The van der Waals surface area contributed by atoms with Crippen molar-refractivity contribution < 1.29 is 5.11 Å². The van der Waals surface area contributed by atoms with Crippen molar-refractivity contribution >= 4 is 0 Å². The second kappa shape index (κ2) is 2.50. The van der Waals surface area contributed by atoms with E-state index in [2.05, 4.69) is 18.4 Å². The van der Waals surface area contributed by atoms with Gasteiger partial charge in [-0.2, -0.15) is 0 Å². The zero-order valence-electron chi connectivity index (χ0n) is 5.75. The molecule has 0 spiro atoms. The number of rotatable bonds is 3. The molecule has 1 rings (SSSR count). The maximum absolute atomic E-state index is 8.74. The summed E-state index contributed by atoms with van der Waals surface area (Å²) in [6.45, 7) is 7.08. The molecule has 0 saturated carbocycles. The van der Waals surface area contributed by atoms with Gasteiger partial charge in [-0.25, -0.2) is 0 Å². The average molecular weight is 127 g/mol. The summed E-state index contributed by atoms with van der Waals surface area (Å²) >= 11 is 0. The Morgan fingerprint density at radius 2 is 2.56 bits per heavy atom. The van der Waals surface area contributed by atoms with E-state index in [1.54, 1.807) is 6.08 Å². The third-order valence-electron chi connectivity index (χ3n) is 1.79. The summed E-state index contributed by atoms with van der Waals surface area (Å²) in [4.78, 5) is 2.20. The normalized spacial score (nSPS) is 35.8. The van der Waals surface area contributed by atoms with Gasteiger partial charge in [0.2, 0.25) is 0 Å². The van der Waals surface area contributed by atoms with E-state index in [1.807, 2.05) is 0 Å². The van der Waals surface area contributed by atoms with Crippen LogP contribution in [0.1, 0.15) is 6.92 Å². The number of aliphatic hydroxyl groups excluding tert-OH is 1. The van der Waals surface area contributed by atoms with E-state index >= 15 is 0 Å². The van der Waals surface area contributed by atoms with Gasteiger partial charge in [0, 0.05) is 12.6 Å². The Bertz CT molecular complexity index is 113. The lowest BCUT2D eigenvalue weighted by atomic mass is 10.3. The number of nitrogens with zero attached hydrogens (tertiary/aromatic N) is 1. The molecule has 9 heavy (non-hydrogen) atoms. The molecule has 3 atom stereocenters.